The van der Waals surface area contributed by atoms with Crippen molar-refractivity contribution in [2.45, 2.75) is 46.0 Å². The van der Waals surface area contributed by atoms with Gasteiger partial charge in [-0.15, -0.1) is 0 Å². The maximum Gasteiger partial charge on any atom is 0.233 e. The maximum atomic E-state index is 11.5. The van der Waals surface area contributed by atoms with Crippen LogP contribution in [0.4, 0.5) is 0 Å². The number of hydrogen-bond acceptors (Lipinski definition) is 3. The topological polar surface area (TPSA) is 61.4 Å². The molecule has 0 unspecified atom stereocenters. The summed E-state index contributed by atoms with van der Waals surface area (Å²) in [5.74, 6) is 0.531. The van der Waals surface area contributed by atoms with Crippen LogP contribution in [-0.2, 0) is 4.79 Å². The number of rotatable bonds is 7. The Hall–Kier alpha value is -0.610. The normalized spacial score (nSPS) is 18.9. The molecule has 0 aliphatic heterocycles. The SMILES string of the molecule is CC(C)CNC(=O)CNCC1(CO)CCCCC1. The van der Waals surface area contributed by atoms with E-state index in [9.17, 15) is 9.90 Å². The first-order chi connectivity index (χ1) is 8.58. The van der Waals surface area contributed by atoms with Crippen molar-refractivity contribution in [1.29, 1.82) is 0 Å². The molecule has 0 heterocycles. The molecule has 1 rings (SSSR count). The lowest BCUT2D eigenvalue weighted by atomic mass is 9.74. The molecule has 0 spiro atoms. The number of nitrogens with one attached hydrogen (secondary N) is 2. The lowest BCUT2D eigenvalue weighted by Crippen LogP contribution is -2.43. The average molecular weight is 256 g/mol. The number of aliphatic hydroxyl groups is 1. The van der Waals surface area contributed by atoms with Gasteiger partial charge in [0.1, 0.15) is 0 Å². The van der Waals surface area contributed by atoms with Crippen LogP contribution in [0.15, 0.2) is 0 Å². The van der Waals surface area contributed by atoms with Crippen molar-refractivity contribution in [2.24, 2.45) is 11.3 Å². The highest BCUT2D eigenvalue weighted by atomic mass is 16.3. The molecule has 1 aliphatic carbocycles. The molecule has 4 nitrogen and oxygen atoms in total. The first kappa shape index (κ1) is 15.4. The van der Waals surface area contributed by atoms with Crippen LogP contribution in [0.1, 0.15) is 46.0 Å². The van der Waals surface area contributed by atoms with E-state index in [0.29, 0.717) is 12.5 Å². The minimum atomic E-state index is 0.0105. The molecule has 1 aliphatic rings. The Bertz CT molecular complexity index is 248. The van der Waals surface area contributed by atoms with E-state index in [0.717, 1.165) is 25.9 Å². The fraction of sp³-hybridized carbons (Fsp3) is 0.929. The van der Waals surface area contributed by atoms with E-state index < -0.39 is 0 Å². The molecule has 0 saturated heterocycles. The zero-order valence-electron chi connectivity index (χ0n) is 11.8. The second kappa shape index (κ2) is 7.74. The van der Waals surface area contributed by atoms with Gasteiger partial charge >= 0.3 is 0 Å². The zero-order valence-corrected chi connectivity index (χ0v) is 11.8. The van der Waals surface area contributed by atoms with Crippen molar-refractivity contribution >= 4 is 5.91 Å². The minimum absolute atomic E-state index is 0.0105. The van der Waals surface area contributed by atoms with Crippen molar-refractivity contribution in [2.75, 3.05) is 26.2 Å². The fourth-order valence-corrected chi connectivity index (χ4v) is 2.51. The lowest BCUT2D eigenvalue weighted by molar-refractivity contribution is -0.120. The molecule has 0 radical (unpaired) electrons. The van der Waals surface area contributed by atoms with E-state index in [-0.39, 0.29) is 17.9 Å². The van der Waals surface area contributed by atoms with Crippen molar-refractivity contribution < 1.29 is 9.90 Å². The zero-order chi connectivity index (χ0) is 13.4. The largest absolute Gasteiger partial charge is 0.396 e. The summed E-state index contributed by atoms with van der Waals surface area (Å²) in [4.78, 5) is 11.5. The van der Waals surface area contributed by atoms with Crippen LogP contribution >= 0.6 is 0 Å². The second-order valence-electron chi connectivity index (χ2n) is 6.02. The van der Waals surface area contributed by atoms with Gasteiger partial charge < -0.3 is 15.7 Å². The predicted molar refractivity (Wildman–Crippen MR) is 73.3 cm³/mol. The Balaban J connectivity index is 2.20. The summed E-state index contributed by atoms with van der Waals surface area (Å²) in [6.45, 7) is 6.22. The first-order valence-electron chi connectivity index (χ1n) is 7.16. The van der Waals surface area contributed by atoms with Crippen LogP contribution in [0.25, 0.3) is 0 Å². The summed E-state index contributed by atoms with van der Waals surface area (Å²) in [6.07, 6.45) is 5.81. The molecule has 106 valence electrons. The van der Waals surface area contributed by atoms with Crippen molar-refractivity contribution in [3.05, 3.63) is 0 Å². The number of carbonyl (C=O) groups excluding carboxylic acids is 1. The second-order valence-corrected chi connectivity index (χ2v) is 6.02. The van der Waals surface area contributed by atoms with Crippen LogP contribution in [0.3, 0.4) is 0 Å². The van der Waals surface area contributed by atoms with Crippen molar-refractivity contribution in [3.8, 4) is 0 Å². The van der Waals surface area contributed by atoms with Gasteiger partial charge in [-0.2, -0.15) is 0 Å². The molecule has 18 heavy (non-hydrogen) atoms. The van der Waals surface area contributed by atoms with E-state index in [1.165, 1.54) is 19.3 Å². The fourth-order valence-electron chi connectivity index (χ4n) is 2.51. The third kappa shape index (κ3) is 5.36. The summed E-state index contributed by atoms with van der Waals surface area (Å²) >= 11 is 0. The van der Waals surface area contributed by atoms with Crippen LogP contribution in [0.2, 0.25) is 0 Å². The Labute approximate surface area is 111 Å². The minimum Gasteiger partial charge on any atom is -0.396 e. The lowest BCUT2D eigenvalue weighted by Gasteiger charge is -2.35. The molecular weight excluding hydrogens is 228 g/mol. The maximum absolute atomic E-state index is 11.5. The van der Waals surface area contributed by atoms with E-state index in [1.807, 2.05) is 0 Å². The van der Waals surface area contributed by atoms with Crippen molar-refractivity contribution in [3.63, 3.8) is 0 Å². The summed E-state index contributed by atoms with van der Waals surface area (Å²) in [5, 5.41) is 15.6. The third-order valence-electron chi connectivity index (χ3n) is 3.74. The van der Waals surface area contributed by atoms with Gasteiger partial charge in [0.15, 0.2) is 0 Å². The number of aliphatic hydroxyl groups excluding tert-OH is 1. The van der Waals surface area contributed by atoms with Gasteiger partial charge in [0.25, 0.3) is 0 Å². The van der Waals surface area contributed by atoms with Gasteiger partial charge in [0.2, 0.25) is 5.91 Å². The summed E-state index contributed by atoms with van der Waals surface area (Å²) < 4.78 is 0. The van der Waals surface area contributed by atoms with Crippen LogP contribution in [0.5, 0.6) is 0 Å². The average Bonchev–Trinajstić information content (AvgIpc) is 2.37. The molecule has 0 aromatic carbocycles. The molecule has 1 amide bonds. The van der Waals surface area contributed by atoms with Crippen LogP contribution < -0.4 is 10.6 Å². The molecule has 0 aromatic heterocycles. The van der Waals surface area contributed by atoms with Crippen molar-refractivity contribution in [1.82, 2.24) is 10.6 Å². The van der Waals surface area contributed by atoms with Crippen LogP contribution in [0, 0.1) is 11.3 Å². The smallest absolute Gasteiger partial charge is 0.233 e. The van der Waals surface area contributed by atoms with Gasteiger partial charge in [-0.1, -0.05) is 33.1 Å². The van der Waals surface area contributed by atoms with Gasteiger partial charge in [-0.3, -0.25) is 4.79 Å². The number of hydrogen-bond donors (Lipinski definition) is 3. The predicted octanol–water partition coefficient (Wildman–Crippen LogP) is 1.29. The molecule has 0 bridgehead atoms. The summed E-state index contributed by atoms with van der Waals surface area (Å²) in [5.41, 5.74) is 0.0105. The molecule has 0 aromatic rings. The molecule has 0 atom stereocenters. The van der Waals surface area contributed by atoms with E-state index in [1.54, 1.807) is 0 Å². The molecule has 4 heteroatoms. The van der Waals surface area contributed by atoms with Gasteiger partial charge in [0.05, 0.1) is 6.54 Å². The molecule has 3 N–H and O–H groups in total. The Kier molecular flexibility index (Phi) is 6.65. The summed E-state index contributed by atoms with van der Waals surface area (Å²) in [6, 6.07) is 0. The third-order valence-corrected chi connectivity index (χ3v) is 3.74. The van der Waals surface area contributed by atoms with E-state index in [2.05, 4.69) is 24.5 Å². The van der Waals surface area contributed by atoms with Gasteiger partial charge in [-0.05, 0) is 18.8 Å². The van der Waals surface area contributed by atoms with Crippen LogP contribution in [-0.4, -0.2) is 37.3 Å². The number of amides is 1. The van der Waals surface area contributed by atoms with Gasteiger partial charge in [0, 0.05) is 25.1 Å². The van der Waals surface area contributed by atoms with E-state index >= 15 is 0 Å². The molecular formula is C14H28N2O2. The first-order valence-corrected chi connectivity index (χ1v) is 7.16. The number of carbonyl (C=O) groups is 1. The molecule has 1 saturated carbocycles. The highest BCUT2D eigenvalue weighted by Gasteiger charge is 2.30. The highest BCUT2D eigenvalue weighted by Crippen LogP contribution is 2.35. The summed E-state index contributed by atoms with van der Waals surface area (Å²) in [7, 11) is 0. The highest BCUT2D eigenvalue weighted by molar-refractivity contribution is 5.77. The monoisotopic (exact) mass is 256 g/mol. The Morgan fingerprint density at radius 1 is 1.28 bits per heavy atom. The quantitative estimate of drug-likeness (QED) is 0.643. The van der Waals surface area contributed by atoms with E-state index in [4.69, 9.17) is 0 Å². The molecule has 1 fully saturated rings. The van der Waals surface area contributed by atoms with Gasteiger partial charge in [-0.25, -0.2) is 0 Å². The standard InChI is InChI=1S/C14H28N2O2/c1-12(2)8-16-13(18)9-15-10-14(11-17)6-4-3-5-7-14/h12,15,17H,3-11H2,1-2H3,(H,16,18). The Morgan fingerprint density at radius 3 is 2.50 bits per heavy atom. The Morgan fingerprint density at radius 2 is 1.94 bits per heavy atom.